The van der Waals surface area contributed by atoms with E-state index in [1.165, 1.54) is 16.0 Å². The molecule has 1 heterocycles. The highest BCUT2D eigenvalue weighted by molar-refractivity contribution is 6.18. The summed E-state index contributed by atoms with van der Waals surface area (Å²) in [6, 6.07) is 8.40. The molecule has 1 aromatic rings. The van der Waals surface area contributed by atoms with E-state index in [0.29, 0.717) is 11.1 Å². The molecule has 0 atom stereocenters. The van der Waals surface area contributed by atoms with Crippen molar-refractivity contribution < 1.29 is 14.4 Å². The lowest BCUT2D eigenvalue weighted by Crippen LogP contribution is -2.40. The molecule has 0 saturated carbocycles. The van der Waals surface area contributed by atoms with Crippen molar-refractivity contribution in [1.29, 1.82) is 0 Å². The maximum Gasteiger partial charge on any atom is 0.256 e. The number of carbonyl (C=O) groups is 3. The van der Waals surface area contributed by atoms with Crippen LogP contribution in [0.1, 0.15) is 31.4 Å². The number of likely N-dealkylation sites (N-methyl/N-ethyl adjacent to an activating group) is 1. The molecule has 2 aliphatic rings. The molecular weight excluding hydrogens is 304 g/mol. The van der Waals surface area contributed by atoms with Crippen LogP contribution < -0.4 is 0 Å². The Kier molecular flexibility index (Phi) is 4.26. The average molecular weight is 326 g/mol. The van der Waals surface area contributed by atoms with Gasteiger partial charge in [-0.3, -0.25) is 19.3 Å². The molecule has 1 aliphatic heterocycles. The van der Waals surface area contributed by atoms with Crippen LogP contribution in [0.15, 0.2) is 35.4 Å². The van der Waals surface area contributed by atoms with E-state index in [4.69, 9.17) is 0 Å². The van der Waals surface area contributed by atoms with Gasteiger partial charge in [0.05, 0.1) is 0 Å². The number of fused-ring (bicyclic) bond motifs is 1. The first-order chi connectivity index (χ1) is 11.4. The van der Waals surface area contributed by atoms with Crippen LogP contribution in [-0.2, 0) is 27.2 Å². The van der Waals surface area contributed by atoms with Crippen LogP contribution in [-0.4, -0.2) is 47.2 Å². The summed E-state index contributed by atoms with van der Waals surface area (Å²) in [6.45, 7) is 3.45. The normalized spacial score (nSPS) is 17.7. The Bertz CT molecular complexity index is 702. The Morgan fingerprint density at radius 2 is 1.58 bits per heavy atom. The van der Waals surface area contributed by atoms with Crippen LogP contribution in [0.4, 0.5) is 0 Å². The van der Waals surface area contributed by atoms with Crippen LogP contribution in [0.25, 0.3) is 0 Å². The molecule has 1 aromatic carbocycles. The number of rotatable bonds is 4. The summed E-state index contributed by atoms with van der Waals surface area (Å²) in [4.78, 5) is 39.5. The standard InChI is InChI=1S/C19H22N2O3/c1-12-13(2)19(24)21(18(12)23)9-8-17(22)20(3)16-10-14-6-4-5-7-15(14)11-16/h4-7,16H,8-11H2,1-3H3. The number of benzene rings is 1. The number of hydrogen-bond donors (Lipinski definition) is 0. The molecule has 3 rings (SSSR count). The SMILES string of the molecule is CC1=C(C)C(=O)N(CCC(=O)N(C)C2Cc3ccccc3C2)C1=O. The zero-order valence-corrected chi connectivity index (χ0v) is 14.3. The Balaban J connectivity index is 1.57. The van der Waals surface area contributed by atoms with Crippen molar-refractivity contribution in [3.8, 4) is 0 Å². The van der Waals surface area contributed by atoms with Crippen molar-refractivity contribution in [3.05, 3.63) is 46.5 Å². The van der Waals surface area contributed by atoms with Crippen LogP contribution in [0.2, 0.25) is 0 Å². The third-order valence-electron chi connectivity index (χ3n) is 5.21. The van der Waals surface area contributed by atoms with Gasteiger partial charge in [0.1, 0.15) is 0 Å². The number of carbonyl (C=O) groups excluding carboxylic acids is 3. The van der Waals surface area contributed by atoms with E-state index < -0.39 is 0 Å². The molecule has 5 nitrogen and oxygen atoms in total. The zero-order chi connectivity index (χ0) is 17.4. The Morgan fingerprint density at radius 1 is 1.08 bits per heavy atom. The fraction of sp³-hybridized carbons (Fsp3) is 0.421. The minimum atomic E-state index is -0.277. The Morgan fingerprint density at radius 3 is 2.08 bits per heavy atom. The van der Waals surface area contributed by atoms with E-state index in [2.05, 4.69) is 12.1 Å². The smallest absolute Gasteiger partial charge is 0.256 e. The Labute approximate surface area is 141 Å². The van der Waals surface area contributed by atoms with E-state index >= 15 is 0 Å². The van der Waals surface area contributed by atoms with Crippen molar-refractivity contribution in [2.75, 3.05) is 13.6 Å². The first-order valence-corrected chi connectivity index (χ1v) is 8.26. The van der Waals surface area contributed by atoms with Crippen molar-refractivity contribution >= 4 is 17.7 Å². The molecule has 0 fully saturated rings. The quantitative estimate of drug-likeness (QED) is 0.792. The van der Waals surface area contributed by atoms with E-state index in [1.54, 1.807) is 25.8 Å². The lowest BCUT2D eigenvalue weighted by Gasteiger charge is -2.25. The van der Waals surface area contributed by atoms with Crippen LogP contribution in [0.3, 0.4) is 0 Å². The highest BCUT2D eigenvalue weighted by Gasteiger charge is 2.34. The van der Waals surface area contributed by atoms with Crippen LogP contribution in [0, 0.1) is 0 Å². The van der Waals surface area contributed by atoms with E-state index in [9.17, 15) is 14.4 Å². The van der Waals surface area contributed by atoms with Gasteiger partial charge in [0, 0.05) is 37.2 Å². The molecule has 0 N–H and O–H groups in total. The topological polar surface area (TPSA) is 57.7 Å². The minimum absolute atomic E-state index is 0.0318. The van der Waals surface area contributed by atoms with E-state index in [1.807, 2.05) is 12.1 Å². The molecule has 0 unspecified atom stereocenters. The predicted octanol–water partition coefficient (Wildman–Crippen LogP) is 1.71. The molecule has 126 valence electrons. The number of hydrogen-bond acceptors (Lipinski definition) is 3. The molecule has 1 aliphatic carbocycles. The second-order valence-electron chi connectivity index (χ2n) is 6.60. The van der Waals surface area contributed by atoms with Gasteiger partial charge in [0.25, 0.3) is 11.8 Å². The lowest BCUT2D eigenvalue weighted by molar-refractivity contribution is -0.138. The number of nitrogens with zero attached hydrogens (tertiary/aromatic N) is 2. The van der Waals surface area contributed by atoms with Gasteiger partial charge in [-0.05, 0) is 37.8 Å². The van der Waals surface area contributed by atoms with Gasteiger partial charge in [-0.25, -0.2) is 0 Å². The summed E-state index contributed by atoms with van der Waals surface area (Å²) < 4.78 is 0. The van der Waals surface area contributed by atoms with Gasteiger partial charge in [-0.1, -0.05) is 24.3 Å². The summed E-state index contributed by atoms with van der Waals surface area (Å²) >= 11 is 0. The van der Waals surface area contributed by atoms with Crippen molar-refractivity contribution in [2.45, 2.75) is 39.2 Å². The minimum Gasteiger partial charge on any atom is -0.342 e. The Hall–Kier alpha value is -2.43. The van der Waals surface area contributed by atoms with Gasteiger partial charge in [-0.2, -0.15) is 0 Å². The summed E-state index contributed by atoms with van der Waals surface area (Å²) in [6.07, 6.45) is 1.89. The third kappa shape index (κ3) is 2.75. The maximum absolute atomic E-state index is 12.5. The summed E-state index contributed by atoms with van der Waals surface area (Å²) in [5.41, 5.74) is 3.55. The van der Waals surface area contributed by atoms with Gasteiger partial charge >= 0.3 is 0 Å². The van der Waals surface area contributed by atoms with Crippen molar-refractivity contribution in [2.24, 2.45) is 0 Å². The molecule has 3 amide bonds. The van der Waals surface area contributed by atoms with E-state index in [-0.39, 0.29) is 36.7 Å². The molecule has 5 heteroatoms. The first-order valence-electron chi connectivity index (χ1n) is 8.26. The zero-order valence-electron chi connectivity index (χ0n) is 14.3. The molecular formula is C19H22N2O3. The van der Waals surface area contributed by atoms with Crippen molar-refractivity contribution in [3.63, 3.8) is 0 Å². The average Bonchev–Trinajstić information content (AvgIpc) is 3.09. The molecule has 0 spiro atoms. The summed E-state index contributed by atoms with van der Waals surface area (Å²) in [5, 5.41) is 0. The fourth-order valence-corrected chi connectivity index (χ4v) is 3.42. The molecule has 0 aromatic heterocycles. The van der Waals surface area contributed by atoms with Gasteiger partial charge < -0.3 is 4.90 Å². The predicted molar refractivity (Wildman–Crippen MR) is 90.1 cm³/mol. The molecule has 0 saturated heterocycles. The van der Waals surface area contributed by atoms with Crippen molar-refractivity contribution in [1.82, 2.24) is 9.80 Å². The van der Waals surface area contributed by atoms with Gasteiger partial charge in [0.2, 0.25) is 5.91 Å². The lowest BCUT2D eigenvalue weighted by atomic mass is 10.1. The third-order valence-corrected chi connectivity index (χ3v) is 5.21. The van der Waals surface area contributed by atoms with E-state index in [0.717, 1.165) is 12.8 Å². The number of amides is 3. The largest absolute Gasteiger partial charge is 0.342 e. The summed E-state index contributed by atoms with van der Waals surface area (Å²) in [5.74, 6) is -0.585. The van der Waals surface area contributed by atoms with Gasteiger partial charge in [0.15, 0.2) is 0 Å². The first kappa shape index (κ1) is 16.4. The molecule has 0 radical (unpaired) electrons. The fourth-order valence-electron chi connectivity index (χ4n) is 3.42. The highest BCUT2D eigenvalue weighted by atomic mass is 16.2. The van der Waals surface area contributed by atoms with Gasteiger partial charge in [-0.15, -0.1) is 0 Å². The second kappa shape index (κ2) is 6.23. The van der Waals surface area contributed by atoms with Crippen LogP contribution >= 0.6 is 0 Å². The van der Waals surface area contributed by atoms with Crippen LogP contribution in [0.5, 0.6) is 0 Å². The number of imide groups is 1. The maximum atomic E-state index is 12.5. The summed E-state index contributed by atoms with van der Waals surface area (Å²) in [7, 11) is 1.81. The monoisotopic (exact) mass is 326 g/mol. The molecule has 0 bridgehead atoms. The molecule has 24 heavy (non-hydrogen) atoms. The second-order valence-corrected chi connectivity index (χ2v) is 6.60. The highest BCUT2D eigenvalue weighted by Crippen LogP contribution is 2.25.